The van der Waals surface area contributed by atoms with Gasteiger partial charge in [0.25, 0.3) is 11.1 Å². The highest BCUT2D eigenvalue weighted by atomic mass is 32.1. The van der Waals surface area contributed by atoms with Crippen molar-refractivity contribution in [2.45, 2.75) is 19.9 Å². The van der Waals surface area contributed by atoms with Crippen LogP contribution in [-0.4, -0.2) is 27.8 Å². The van der Waals surface area contributed by atoms with E-state index in [-0.39, 0.29) is 30.0 Å². The Morgan fingerprint density at radius 2 is 1.84 bits per heavy atom. The lowest BCUT2D eigenvalue weighted by Gasteiger charge is -2.07. The van der Waals surface area contributed by atoms with Crippen LogP contribution in [0.1, 0.15) is 11.3 Å². The highest BCUT2D eigenvalue weighted by molar-refractivity contribution is 7.16. The van der Waals surface area contributed by atoms with Gasteiger partial charge in [0.1, 0.15) is 5.75 Å². The van der Waals surface area contributed by atoms with Gasteiger partial charge in [-0.1, -0.05) is 12.1 Å². The number of rotatable bonds is 6. The number of thiazole rings is 1. The third kappa shape index (κ3) is 4.26. The minimum Gasteiger partial charge on any atom is -0.497 e. The fourth-order valence-electron chi connectivity index (χ4n) is 3.27. The molecule has 9 heteroatoms. The zero-order valence-electron chi connectivity index (χ0n) is 17.0. The van der Waals surface area contributed by atoms with Crippen molar-refractivity contribution in [3.05, 3.63) is 74.1 Å². The lowest BCUT2D eigenvalue weighted by atomic mass is 10.1. The van der Waals surface area contributed by atoms with Crippen LogP contribution in [0.2, 0.25) is 0 Å². The lowest BCUT2D eigenvalue weighted by Crippen LogP contribution is -2.31. The van der Waals surface area contributed by atoms with Gasteiger partial charge in [-0.05, 0) is 43.3 Å². The molecule has 4 rings (SSSR count). The lowest BCUT2D eigenvalue weighted by molar-refractivity contribution is -0.116. The molecule has 0 bridgehead atoms. The van der Waals surface area contributed by atoms with Gasteiger partial charge in [0, 0.05) is 16.9 Å². The minimum atomic E-state index is -0.365. The number of hydrogen-bond acceptors (Lipinski definition) is 6. The van der Waals surface area contributed by atoms with Crippen LogP contribution in [0.15, 0.2) is 58.1 Å². The maximum Gasteiger partial charge on any atom is 0.273 e. The van der Waals surface area contributed by atoms with Crippen LogP contribution >= 0.6 is 11.3 Å². The van der Waals surface area contributed by atoms with Gasteiger partial charge in [-0.2, -0.15) is 0 Å². The van der Waals surface area contributed by atoms with E-state index in [9.17, 15) is 14.4 Å². The Labute approximate surface area is 181 Å². The summed E-state index contributed by atoms with van der Waals surface area (Å²) in [5, 5.41) is 6.44. The predicted octanol–water partition coefficient (Wildman–Crippen LogP) is 3.16. The molecule has 0 aliphatic rings. The second-order valence-corrected chi connectivity index (χ2v) is 8.10. The van der Waals surface area contributed by atoms with Crippen LogP contribution in [0.25, 0.3) is 22.0 Å². The summed E-state index contributed by atoms with van der Waals surface area (Å²) >= 11 is 1.38. The molecule has 0 aliphatic heterocycles. The number of aromatic amines is 1. The Morgan fingerprint density at radius 1 is 1.13 bits per heavy atom. The maximum absolute atomic E-state index is 12.5. The summed E-state index contributed by atoms with van der Waals surface area (Å²) in [5.41, 5.74) is 1.01. The van der Waals surface area contributed by atoms with E-state index in [4.69, 9.17) is 4.74 Å². The topological polar surface area (TPSA) is 106 Å². The first-order valence-electron chi connectivity index (χ1n) is 9.60. The highest BCUT2D eigenvalue weighted by Crippen LogP contribution is 2.31. The Bertz CT molecular complexity index is 1370. The van der Waals surface area contributed by atoms with Crippen LogP contribution in [-0.2, 0) is 11.3 Å². The second kappa shape index (κ2) is 8.57. The summed E-state index contributed by atoms with van der Waals surface area (Å²) < 4.78 is 6.34. The van der Waals surface area contributed by atoms with Gasteiger partial charge in [0.05, 0.1) is 30.1 Å². The van der Waals surface area contributed by atoms with Crippen LogP contribution < -0.4 is 21.2 Å². The number of anilines is 1. The fraction of sp³-hybridized carbons (Fsp3) is 0.182. The summed E-state index contributed by atoms with van der Waals surface area (Å²) in [4.78, 5) is 42.6. The average Bonchev–Trinajstić information content (AvgIpc) is 3.15. The largest absolute Gasteiger partial charge is 0.497 e. The van der Waals surface area contributed by atoms with Crippen molar-refractivity contribution in [2.24, 2.45) is 0 Å². The van der Waals surface area contributed by atoms with E-state index in [1.54, 1.807) is 31.4 Å². The molecule has 8 nitrogen and oxygen atoms in total. The second-order valence-electron chi connectivity index (χ2n) is 6.89. The molecular formula is C22H20N4O4S. The first-order chi connectivity index (χ1) is 15.0. The summed E-state index contributed by atoms with van der Waals surface area (Å²) in [5.74, 6) is 0.461. The van der Waals surface area contributed by atoms with Crippen LogP contribution in [0.5, 0.6) is 5.75 Å². The maximum atomic E-state index is 12.5. The first-order valence-corrected chi connectivity index (χ1v) is 10.4. The van der Waals surface area contributed by atoms with E-state index < -0.39 is 0 Å². The summed E-state index contributed by atoms with van der Waals surface area (Å²) in [6.07, 6.45) is 0.0185. The molecule has 0 saturated carbocycles. The molecule has 0 aliphatic carbocycles. The van der Waals surface area contributed by atoms with Crippen molar-refractivity contribution in [3.63, 3.8) is 0 Å². The van der Waals surface area contributed by atoms with Crippen LogP contribution in [0.3, 0.4) is 0 Å². The zero-order valence-corrected chi connectivity index (χ0v) is 17.8. The average molecular weight is 436 g/mol. The van der Waals surface area contributed by atoms with Gasteiger partial charge in [-0.25, -0.2) is 9.67 Å². The SMILES string of the molecule is COc1ccc(-c2nc(NC(=O)CCn3[nH]c(=O)c4ccccc4c3=O)sc2C)cc1. The molecule has 0 unspecified atom stereocenters. The van der Waals surface area contributed by atoms with E-state index >= 15 is 0 Å². The number of amides is 1. The number of H-pyrrole nitrogens is 1. The number of nitrogens with one attached hydrogen (secondary N) is 2. The molecule has 0 spiro atoms. The van der Waals surface area contributed by atoms with Gasteiger partial charge in [0.15, 0.2) is 5.13 Å². The van der Waals surface area contributed by atoms with E-state index in [1.165, 1.54) is 16.0 Å². The number of methoxy groups -OCH3 is 1. The molecular weight excluding hydrogens is 416 g/mol. The third-order valence-corrected chi connectivity index (χ3v) is 5.74. The molecule has 4 aromatic rings. The van der Waals surface area contributed by atoms with Crippen molar-refractivity contribution in [3.8, 4) is 17.0 Å². The Balaban J connectivity index is 1.46. The smallest absolute Gasteiger partial charge is 0.273 e. The van der Waals surface area contributed by atoms with E-state index in [1.807, 2.05) is 31.2 Å². The molecule has 31 heavy (non-hydrogen) atoms. The van der Waals surface area contributed by atoms with E-state index in [0.29, 0.717) is 15.9 Å². The predicted molar refractivity (Wildman–Crippen MR) is 121 cm³/mol. The number of carbonyl (C=O) groups excluding carboxylic acids is 1. The number of fused-ring (bicyclic) bond motifs is 1. The Hall–Kier alpha value is -3.72. The van der Waals surface area contributed by atoms with Crippen molar-refractivity contribution >= 4 is 33.1 Å². The molecule has 2 N–H and O–H groups in total. The fourth-order valence-corrected chi connectivity index (χ4v) is 4.12. The number of aryl methyl sites for hydroxylation is 2. The number of carbonyl (C=O) groups is 1. The number of aromatic nitrogens is 3. The third-order valence-electron chi connectivity index (χ3n) is 4.85. The van der Waals surface area contributed by atoms with Crippen molar-refractivity contribution in [2.75, 3.05) is 12.4 Å². The van der Waals surface area contributed by atoms with Crippen LogP contribution in [0.4, 0.5) is 5.13 Å². The number of hydrogen-bond donors (Lipinski definition) is 2. The molecule has 2 aromatic heterocycles. The molecule has 2 aromatic carbocycles. The van der Waals surface area contributed by atoms with Crippen molar-refractivity contribution < 1.29 is 9.53 Å². The molecule has 1 amide bonds. The molecule has 0 radical (unpaired) electrons. The summed E-state index contributed by atoms with van der Waals surface area (Å²) in [6.45, 7) is 1.99. The van der Waals surface area contributed by atoms with Gasteiger partial charge in [0.2, 0.25) is 5.91 Å². The molecule has 2 heterocycles. The van der Waals surface area contributed by atoms with Gasteiger partial charge >= 0.3 is 0 Å². The monoisotopic (exact) mass is 436 g/mol. The van der Waals surface area contributed by atoms with Gasteiger partial charge in [-0.3, -0.25) is 19.5 Å². The quantitative estimate of drug-likeness (QED) is 0.483. The molecule has 0 atom stereocenters. The van der Waals surface area contributed by atoms with Gasteiger partial charge in [-0.15, -0.1) is 11.3 Å². The van der Waals surface area contributed by atoms with Crippen molar-refractivity contribution in [1.82, 2.24) is 14.8 Å². The molecule has 158 valence electrons. The number of ether oxygens (including phenoxy) is 1. The highest BCUT2D eigenvalue weighted by Gasteiger charge is 2.13. The van der Waals surface area contributed by atoms with E-state index in [0.717, 1.165) is 21.9 Å². The van der Waals surface area contributed by atoms with Crippen LogP contribution in [0, 0.1) is 6.92 Å². The van der Waals surface area contributed by atoms with E-state index in [2.05, 4.69) is 15.4 Å². The number of benzene rings is 2. The number of nitrogens with zero attached hydrogens (tertiary/aromatic N) is 2. The normalized spacial score (nSPS) is 10.9. The molecule has 0 fully saturated rings. The molecule has 0 saturated heterocycles. The Kier molecular flexibility index (Phi) is 5.68. The van der Waals surface area contributed by atoms with Crippen molar-refractivity contribution in [1.29, 1.82) is 0 Å². The Morgan fingerprint density at radius 3 is 2.55 bits per heavy atom. The summed E-state index contributed by atoms with van der Waals surface area (Å²) in [6, 6.07) is 14.1. The standard InChI is InChI=1S/C22H20N4O4S/c1-13-19(14-7-9-15(30-2)10-8-14)24-22(31-13)23-18(27)11-12-26-21(29)17-6-4-3-5-16(17)20(28)25-26/h3-10H,11-12H2,1-2H3,(H,25,28)(H,23,24,27). The summed E-state index contributed by atoms with van der Waals surface area (Å²) in [7, 11) is 1.61. The minimum absolute atomic E-state index is 0.0185. The zero-order chi connectivity index (χ0) is 22.0. The first kappa shape index (κ1) is 20.5. The van der Waals surface area contributed by atoms with Gasteiger partial charge < -0.3 is 10.1 Å².